The summed E-state index contributed by atoms with van der Waals surface area (Å²) in [6, 6.07) is 8.22. The van der Waals surface area contributed by atoms with Gasteiger partial charge in [0.05, 0.1) is 37.0 Å². The van der Waals surface area contributed by atoms with Crippen LogP contribution in [0.5, 0.6) is 0 Å². The minimum atomic E-state index is -0.706. The normalized spacial score (nSPS) is 16.2. The van der Waals surface area contributed by atoms with E-state index in [-0.39, 0.29) is 37.1 Å². The second-order valence-corrected chi connectivity index (χ2v) is 14.4. The van der Waals surface area contributed by atoms with Crippen LogP contribution in [0.25, 0.3) is 39.3 Å². The lowest BCUT2D eigenvalue weighted by Crippen LogP contribution is -2.31. The number of amides is 1. The zero-order valence-electron chi connectivity index (χ0n) is 32.2. The summed E-state index contributed by atoms with van der Waals surface area (Å²) in [6.45, 7) is 10.5. The zero-order chi connectivity index (χ0) is 37.7. The summed E-state index contributed by atoms with van der Waals surface area (Å²) in [5.74, 6) is -0.554. The fraction of sp³-hybridized carbons (Fsp3) is 0.452. The van der Waals surface area contributed by atoms with E-state index in [4.69, 9.17) is 19.4 Å². The molecule has 10 nitrogen and oxygen atoms in total. The largest absolute Gasteiger partial charge is 0.469 e. The van der Waals surface area contributed by atoms with Crippen LogP contribution in [0.1, 0.15) is 111 Å². The molecule has 1 amide bonds. The van der Waals surface area contributed by atoms with E-state index in [0.29, 0.717) is 12.8 Å². The molecule has 5 rings (SSSR count). The van der Waals surface area contributed by atoms with Gasteiger partial charge in [0.2, 0.25) is 5.91 Å². The molecule has 1 atom stereocenters. The molecule has 5 heterocycles. The third-order valence-electron chi connectivity index (χ3n) is 10.5. The van der Waals surface area contributed by atoms with E-state index in [1.54, 1.807) is 19.0 Å². The van der Waals surface area contributed by atoms with Crippen LogP contribution in [0.3, 0.4) is 0 Å². The van der Waals surface area contributed by atoms with Crippen molar-refractivity contribution in [2.45, 2.75) is 97.8 Å². The minimum absolute atomic E-state index is 0.0165. The Morgan fingerprint density at radius 1 is 0.808 bits per heavy atom. The van der Waals surface area contributed by atoms with Gasteiger partial charge in [-0.25, -0.2) is 4.98 Å². The molecular weight excluding hydrogens is 654 g/mol. The van der Waals surface area contributed by atoms with Crippen molar-refractivity contribution in [2.75, 3.05) is 28.3 Å². The number of carbonyl (C=O) groups excluding carboxylic acids is 3. The van der Waals surface area contributed by atoms with E-state index in [1.165, 1.54) is 14.2 Å². The van der Waals surface area contributed by atoms with Crippen LogP contribution in [0.4, 0.5) is 0 Å². The molecule has 0 radical (unpaired) electrons. The van der Waals surface area contributed by atoms with Gasteiger partial charge in [0.15, 0.2) is 0 Å². The standard InChI is InChI=1S/C42H53N5O5/c1-10-11-12-13-14-31-37-21-32-25(2)19-28(43-32)20-33-26(3)29(15-17-40(49)51-8)35(44-33)22-36-30(16-18-41(50)52-9)27(4)34(45-36)23-38(46-37)42(31,5)24-39(48)47(6)7/h14,19-23,44-45H,10-13,15-18,24H2,1-9H3/b28-20?,31-14-,32-21?,33-20?,34-23?,35-22?,36-22?,37-21?,38-23?/t42-/m1/s1. The Morgan fingerprint density at radius 3 is 1.96 bits per heavy atom. The molecule has 2 aliphatic heterocycles. The van der Waals surface area contributed by atoms with E-state index in [9.17, 15) is 14.4 Å². The number of unbranched alkanes of at least 4 members (excludes halogenated alkanes) is 3. The number of nitrogens with zero attached hydrogens (tertiary/aromatic N) is 3. The van der Waals surface area contributed by atoms with Gasteiger partial charge in [0, 0.05) is 60.8 Å². The molecular formula is C42H53N5O5. The van der Waals surface area contributed by atoms with Gasteiger partial charge in [0.1, 0.15) is 0 Å². The summed E-state index contributed by atoms with van der Waals surface area (Å²) in [4.78, 5) is 57.4. The van der Waals surface area contributed by atoms with Crippen LogP contribution < -0.4 is 0 Å². The Kier molecular flexibility index (Phi) is 11.9. The maximum atomic E-state index is 13.5. The van der Waals surface area contributed by atoms with Crippen molar-refractivity contribution in [3.05, 3.63) is 75.4 Å². The third-order valence-corrected chi connectivity index (χ3v) is 10.5. The quantitative estimate of drug-likeness (QED) is 0.144. The molecule has 3 aromatic heterocycles. The number of esters is 2. The van der Waals surface area contributed by atoms with Crippen molar-refractivity contribution < 1.29 is 23.9 Å². The van der Waals surface area contributed by atoms with Crippen molar-refractivity contribution in [1.29, 1.82) is 0 Å². The number of carbonyl (C=O) groups is 3. The number of nitrogens with one attached hydrogen (secondary N) is 2. The lowest BCUT2D eigenvalue weighted by Gasteiger charge is -2.27. The van der Waals surface area contributed by atoms with E-state index in [1.807, 2.05) is 13.0 Å². The molecule has 2 aliphatic rings. The van der Waals surface area contributed by atoms with Crippen LogP contribution in [0, 0.1) is 13.8 Å². The fourth-order valence-corrected chi connectivity index (χ4v) is 7.18. The maximum Gasteiger partial charge on any atom is 0.305 e. The summed E-state index contributed by atoms with van der Waals surface area (Å²) in [7, 11) is 6.38. The summed E-state index contributed by atoms with van der Waals surface area (Å²) in [5.41, 5.74) is 12.0. The number of hydrogen-bond acceptors (Lipinski definition) is 7. The van der Waals surface area contributed by atoms with E-state index in [2.05, 4.69) is 68.0 Å². The third kappa shape index (κ3) is 8.06. The number of aryl methyl sites for hydroxylation is 4. The molecule has 0 saturated heterocycles. The Balaban J connectivity index is 1.89. The number of hydrogen-bond donors (Lipinski definition) is 2. The highest BCUT2D eigenvalue weighted by atomic mass is 16.5. The average molecular weight is 708 g/mol. The summed E-state index contributed by atoms with van der Waals surface area (Å²) in [6.07, 6.45) is 10.2. The molecule has 0 unspecified atom stereocenters. The molecule has 3 aromatic rings. The number of aromatic amines is 2. The molecule has 8 bridgehead atoms. The molecule has 276 valence electrons. The Bertz CT molecular complexity index is 2100. The predicted octanol–water partition coefficient (Wildman–Crippen LogP) is 8.10. The lowest BCUT2D eigenvalue weighted by molar-refractivity contribution is -0.141. The molecule has 10 heteroatoms. The van der Waals surface area contributed by atoms with Gasteiger partial charge in [-0.3, -0.25) is 19.4 Å². The smallest absolute Gasteiger partial charge is 0.305 e. The number of ether oxygens (including phenoxy) is 2. The van der Waals surface area contributed by atoms with Gasteiger partial charge in [0.25, 0.3) is 0 Å². The first-order valence-corrected chi connectivity index (χ1v) is 18.3. The number of rotatable bonds is 12. The van der Waals surface area contributed by atoms with E-state index < -0.39 is 5.41 Å². The minimum Gasteiger partial charge on any atom is -0.469 e. The second-order valence-electron chi connectivity index (χ2n) is 14.4. The predicted molar refractivity (Wildman–Crippen MR) is 207 cm³/mol. The summed E-state index contributed by atoms with van der Waals surface area (Å²) >= 11 is 0. The molecule has 0 saturated carbocycles. The van der Waals surface area contributed by atoms with Crippen LogP contribution >= 0.6 is 0 Å². The highest BCUT2D eigenvalue weighted by molar-refractivity contribution is 5.89. The Hall–Kier alpha value is -4.99. The van der Waals surface area contributed by atoms with Gasteiger partial charge >= 0.3 is 11.9 Å². The van der Waals surface area contributed by atoms with E-state index in [0.717, 1.165) is 104 Å². The lowest BCUT2D eigenvalue weighted by atomic mass is 9.76. The molecule has 0 aromatic carbocycles. The average Bonchev–Trinajstić information content (AvgIpc) is 3.77. The maximum absolute atomic E-state index is 13.5. The van der Waals surface area contributed by atoms with Crippen molar-refractivity contribution in [3.63, 3.8) is 0 Å². The summed E-state index contributed by atoms with van der Waals surface area (Å²) < 4.78 is 9.99. The number of allylic oxidation sites excluding steroid dienone is 3. The van der Waals surface area contributed by atoms with Crippen LogP contribution in [-0.2, 0) is 42.1 Å². The van der Waals surface area contributed by atoms with Crippen LogP contribution in [-0.4, -0.2) is 71.0 Å². The number of aromatic nitrogens is 4. The molecule has 0 aliphatic carbocycles. The van der Waals surface area contributed by atoms with Crippen molar-refractivity contribution in [3.8, 4) is 0 Å². The first-order valence-electron chi connectivity index (χ1n) is 18.3. The first kappa shape index (κ1) is 38.2. The number of methoxy groups -OCH3 is 2. The molecule has 2 N–H and O–H groups in total. The molecule has 0 spiro atoms. The number of H-pyrrole nitrogens is 2. The topological polar surface area (TPSA) is 130 Å². The van der Waals surface area contributed by atoms with Gasteiger partial charge in [-0.2, -0.15) is 0 Å². The van der Waals surface area contributed by atoms with Gasteiger partial charge < -0.3 is 24.3 Å². The fourth-order valence-electron chi connectivity index (χ4n) is 7.18. The summed E-state index contributed by atoms with van der Waals surface area (Å²) in [5, 5.41) is 0. The van der Waals surface area contributed by atoms with Crippen molar-refractivity contribution in [2.24, 2.45) is 0 Å². The monoisotopic (exact) mass is 707 g/mol. The van der Waals surface area contributed by atoms with Gasteiger partial charge in [-0.1, -0.05) is 25.8 Å². The molecule has 52 heavy (non-hydrogen) atoms. The Morgan fingerprint density at radius 2 is 1.40 bits per heavy atom. The van der Waals surface area contributed by atoms with Crippen molar-refractivity contribution in [1.82, 2.24) is 24.8 Å². The Labute approximate surface area is 306 Å². The highest BCUT2D eigenvalue weighted by Gasteiger charge is 2.41. The van der Waals surface area contributed by atoms with Crippen LogP contribution in [0.15, 0.2) is 30.3 Å². The van der Waals surface area contributed by atoms with E-state index >= 15 is 0 Å². The van der Waals surface area contributed by atoms with Crippen LogP contribution in [0.2, 0.25) is 0 Å². The number of fused-ring (bicyclic) bond motifs is 8. The van der Waals surface area contributed by atoms with Gasteiger partial charge in [-0.05, 0) is 117 Å². The highest BCUT2D eigenvalue weighted by Crippen LogP contribution is 2.45. The van der Waals surface area contributed by atoms with Gasteiger partial charge in [-0.15, -0.1) is 0 Å². The SMILES string of the molecule is CCCCC/C=C1/c2cc3nc(cc4[nH]c(cc5[nH]c(cc(n2)[C@]1(C)CC(=O)N(C)C)c(C)c5CCC(=O)OC)c(CCC(=O)OC)c4C)C=C3C. The second kappa shape index (κ2) is 16.1. The zero-order valence-corrected chi connectivity index (χ0v) is 32.2. The first-order chi connectivity index (χ1) is 24.8. The molecule has 0 fully saturated rings. The van der Waals surface area contributed by atoms with Crippen molar-refractivity contribution >= 4 is 57.1 Å².